The van der Waals surface area contributed by atoms with Crippen LogP contribution in [0.3, 0.4) is 0 Å². The van der Waals surface area contributed by atoms with Gasteiger partial charge in [-0.15, -0.1) is 11.3 Å². The summed E-state index contributed by atoms with van der Waals surface area (Å²) >= 11 is 1.39. The van der Waals surface area contributed by atoms with E-state index in [1.807, 2.05) is 12.1 Å². The van der Waals surface area contributed by atoms with Gasteiger partial charge in [0.05, 0.1) is 52.7 Å². The van der Waals surface area contributed by atoms with Crippen molar-refractivity contribution < 1.29 is 32.2 Å². The van der Waals surface area contributed by atoms with Crippen molar-refractivity contribution in [2.45, 2.75) is 48.3 Å². The standard InChI is InChI=1S/C31H30N4O7S2/c36-29(20-9-12-27-25(16-20)35-30(37)23-6-1-2-7-26(23)44(27,38)39)33-18-22-19-34-31(43-22)24-11-10-21(17-32-24)40-14-5-15-42-28-8-3-4-13-41-28/h1-2,6-7,9-12,16-17,19,28H,3-5,8,13-15,18H2,(H,33,36)(H,35,37). The summed E-state index contributed by atoms with van der Waals surface area (Å²) in [4.78, 5) is 35.2. The van der Waals surface area contributed by atoms with E-state index in [1.165, 1.54) is 41.7 Å². The molecule has 2 amide bonds. The first-order valence-corrected chi connectivity index (χ1v) is 16.5. The van der Waals surface area contributed by atoms with Crippen LogP contribution in [0.4, 0.5) is 5.69 Å². The van der Waals surface area contributed by atoms with Crippen molar-refractivity contribution in [3.05, 3.63) is 83.0 Å². The van der Waals surface area contributed by atoms with E-state index in [-0.39, 0.29) is 39.4 Å². The van der Waals surface area contributed by atoms with Crippen LogP contribution in [0.1, 0.15) is 51.3 Å². The average molecular weight is 635 g/mol. The number of ether oxygens (including phenoxy) is 3. The average Bonchev–Trinajstić information content (AvgIpc) is 3.50. The maximum absolute atomic E-state index is 13.2. The smallest absolute Gasteiger partial charge is 0.257 e. The Morgan fingerprint density at radius 2 is 1.93 bits per heavy atom. The largest absolute Gasteiger partial charge is 0.492 e. The molecule has 1 fully saturated rings. The predicted octanol–water partition coefficient (Wildman–Crippen LogP) is 4.85. The third kappa shape index (κ3) is 6.65. The number of hydrogen-bond acceptors (Lipinski definition) is 10. The van der Waals surface area contributed by atoms with Gasteiger partial charge in [0.2, 0.25) is 9.84 Å². The lowest BCUT2D eigenvalue weighted by atomic mass is 10.1. The molecule has 228 valence electrons. The maximum atomic E-state index is 13.2. The summed E-state index contributed by atoms with van der Waals surface area (Å²) in [6.07, 6.45) is 7.14. The fourth-order valence-corrected chi connectivity index (χ4v) is 7.30. The minimum atomic E-state index is -3.95. The Morgan fingerprint density at radius 3 is 2.75 bits per heavy atom. The Kier molecular flexibility index (Phi) is 8.98. The fourth-order valence-electron chi connectivity index (χ4n) is 4.88. The lowest BCUT2D eigenvalue weighted by molar-refractivity contribution is -0.163. The molecule has 1 saturated heterocycles. The number of fused-ring (bicyclic) bond motifs is 2. The highest BCUT2D eigenvalue weighted by atomic mass is 32.2. The first-order chi connectivity index (χ1) is 21.4. The van der Waals surface area contributed by atoms with Crippen molar-refractivity contribution in [1.29, 1.82) is 0 Å². The number of benzene rings is 2. The van der Waals surface area contributed by atoms with Gasteiger partial charge in [0.15, 0.2) is 6.29 Å². The van der Waals surface area contributed by atoms with Crippen molar-refractivity contribution in [2.75, 3.05) is 25.1 Å². The van der Waals surface area contributed by atoms with E-state index in [0.717, 1.165) is 37.2 Å². The number of pyridine rings is 1. The molecule has 2 N–H and O–H groups in total. The molecule has 2 aromatic carbocycles. The zero-order chi connectivity index (χ0) is 30.5. The molecule has 0 bridgehead atoms. The second-order valence-electron chi connectivity index (χ2n) is 10.2. The zero-order valence-corrected chi connectivity index (χ0v) is 25.3. The molecule has 0 spiro atoms. The summed E-state index contributed by atoms with van der Waals surface area (Å²) in [5.74, 6) is -0.325. The van der Waals surface area contributed by atoms with E-state index >= 15 is 0 Å². The van der Waals surface area contributed by atoms with Gasteiger partial charge in [-0.3, -0.25) is 9.59 Å². The van der Waals surface area contributed by atoms with E-state index in [0.29, 0.717) is 29.7 Å². The molecule has 2 aliphatic rings. The number of nitrogens with zero attached hydrogens (tertiary/aromatic N) is 2. The molecule has 0 saturated carbocycles. The molecule has 1 unspecified atom stereocenters. The molecule has 1 atom stereocenters. The SMILES string of the molecule is O=C(NCc1cnc(-c2ccc(OCCCOC3CCCCO3)cn2)s1)c1ccc2c(c1)NC(=O)c1ccccc1S2(=O)=O. The van der Waals surface area contributed by atoms with Crippen LogP contribution < -0.4 is 15.4 Å². The highest BCUT2D eigenvalue weighted by Crippen LogP contribution is 2.34. The highest BCUT2D eigenvalue weighted by Gasteiger charge is 2.31. The van der Waals surface area contributed by atoms with Gasteiger partial charge < -0.3 is 24.8 Å². The number of sulfone groups is 1. The van der Waals surface area contributed by atoms with E-state index in [4.69, 9.17) is 14.2 Å². The van der Waals surface area contributed by atoms with Gasteiger partial charge >= 0.3 is 0 Å². The Bertz CT molecular complexity index is 1770. The van der Waals surface area contributed by atoms with Crippen molar-refractivity contribution in [3.63, 3.8) is 0 Å². The molecular formula is C31H30N4O7S2. The van der Waals surface area contributed by atoms with Crippen molar-refractivity contribution in [1.82, 2.24) is 15.3 Å². The summed E-state index contributed by atoms with van der Waals surface area (Å²) in [6, 6.07) is 13.8. The summed E-state index contributed by atoms with van der Waals surface area (Å²) in [5.41, 5.74) is 1.00. The molecule has 44 heavy (non-hydrogen) atoms. The minimum absolute atomic E-state index is 0.0541. The summed E-state index contributed by atoms with van der Waals surface area (Å²) < 4.78 is 43.4. The van der Waals surface area contributed by atoms with Crippen LogP contribution in [0, 0.1) is 0 Å². The van der Waals surface area contributed by atoms with Crippen LogP contribution in [-0.4, -0.2) is 56.3 Å². The van der Waals surface area contributed by atoms with Crippen molar-refractivity contribution in [3.8, 4) is 16.5 Å². The Morgan fingerprint density at radius 1 is 1.05 bits per heavy atom. The fraction of sp³-hybridized carbons (Fsp3) is 0.290. The van der Waals surface area contributed by atoms with E-state index < -0.39 is 21.7 Å². The number of thiazole rings is 1. The van der Waals surface area contributed by atoms with Gasteiger partial charge in [-0.25, -0.2) is 18.4 Å². The molecular weight excluding hydrogens is 604 g/mol. The summed E-state index contributed by atoms with van der Waals surface area (Å²) in [5, 5.41) is 6.15. The molecule has 13 heteroatoms. The third-order valence-corrected chi connectivity index (χ3v) is 10.0. The number of hydrogen-bond donors (Lipinski definition) is 2. The van der Waals surface area contributed by atoms with Crippen LogP contribution in [-0.2, 0) is 25.9 Å². The normalized spacial score (nSPS) is 17.1. The second kappa shape index (κ2) is 13.2. The van der Waals surface area contributed by atoms with E-state index in [1.54, 1.807) is 24.5 Å². The maximum Gasteiger partial charge on any atom is 0.257 e. The van der Waals surface area contributed by atoms with E-state index in [9.17, 15) is 18.0 Å². The first kappa shape index (κ1) is 29.9. The quantitative estimate of drug-likeness (QED) is 0.234. The lowest BCUT2D eigenvalue weighted by Crippen LogP contribution is -2.23. The van der Waals surface area contributed by atoms with Crippen LogP contribution in [0.2, 0.25) is 0 Å². The van der Waals surface area contributed by atoms with Crippen molar-refractivity contribution >= 4 is 38.7 Å². The molecule has 2 aromatic heterocycles. The summed E-state index contributed by atoms with van der Waals surface area (Å²) in [6.45, 7) is 2.06. The number of amides is 2. The van der Waals surface area contributed by atoms with Crippen LogP contribution in [0.25, 0.3) is 10.7 Å². The Balaban J connectivity index is 1.02. The molecule has 0 radical (unpaired) electrons. The molecule has 4 aromatic rings. The van der Waals surface area contributed by atoms with Crippen molar-refractivity contribution in [2.24, 2.45) is 0 Å². The lowest BCUT2D eigenvalue weighted by Gasteiger charge is -2.22. The minimum Gasteiger partial charge on any atom is -0.492 e. The van der Waals surface area contributed by atoms with Gasteiger partial charge in [-0.1, -0.05) is 12.1 Å². The van der Waals surface area contributed by atoms with Gasteiger partial charge in [-0.2, -0.15) is 0 Å². The van der Waals surface area contributed by atoms with Crippen LogP contribution >= 0.6 is 11.3 Å². The van der Waals surface area contributed by atoms with Gasteiger partial charge in [0.1, 0.15) is 10.8 Å². The number of anilines is 1. The molecule has 4 heterocycles. The number of aromatic nitrogens is 2. The van der Waals surface area contributed by atoms with E-state index in [2.05, 4.69) is 20.6 Å². The van der Waals surface area contributed by atoms with Gasteiger partial charge in [-0.05, 0) is 61.7 Å². The third-order valence-electron chi connectivity index (χ3n) is 7.13. The molecule has 11 nitrogen and oxygen atoms in total. The molecule has 0 aliphatic carbocycles. The number of rotatable bonds is 10. The number of carbonyl (C=O) groups excluding carboxylic acids is 2. The Labute approximate surface area is 258 Å². The molecule has 6 rings (SSSR count). The molecule has 2 aliphatic heterocycles. The predicted molar refractivity (Wildman–Crippen MR) is 162 cm³/mol. The van der Waals surface area contributed by atoms with Crippen LogP contribution in [0.5, 0.6) is 5.75 Å². The topological polar surface area (TPSA) is 146 Å². The van der Waals surface area contributed by atoms with Gasteiger partial charge in [0, 0.05) is 29.7 Å². The summed E-state index contributed by atoms with van der Waals surface area (Å²) in [7, 11) is -3.95. The van der Waals surface area contributed by atoms with Gasteiger partial charge in [0.25, 0.3) is 11.8 Å². The highest BCUT2D eigenvalue weighted by molar-refractivity contribution is 7.91. The second-order valence-corrected chi connectivity index (χ2v) is 13.2. The van der Waals surface area contributed by atoms with Crippen LogP contribution in [0.15, 0.2) is 76.8 Å². The zero-order valence-electron chi connectivity index (χ0n) is 23.7. The number of carbonyl (C=O) groups is 2. The first-order valence-electron chi connectivity index (χ1n) is 14.2. The monoisotopic (exact) mass is 634 g/mol. The number of nitrogens with one attached hydrogen (secondary N) is 2. The Hall–Kier alpha value is -4.17.